The van der Waals surface area contributed by atoms with E-state index in [9.17, 15) is 14.9 Å². The largest absolute Gasteiger partial charge is 0.450 e. The molecule has 1 N–H and O–H groups in total. The fourth-order valence-corrected chi connectivity index (χ4v) is 2.60. The molecule has 0 atom stereocenters. The Bertz CT molecular complexity index is 559. The van der Waals surface area contributed by atoms with E-state index in [1.54, 1.807) is 17.9 Å². The highest BCUT2D eigenvalue weighted by Gasteiger charge is 2.25. The van der Waals surface area contributed by atoms with Crippen LogP contribution in [0.15, 0.2) is 18.2 Å². The van der Waals surface area contributed by atoms with E-state index in [4.69, 9.17) is 16.3 Å². The lowest BCUT2D eigenvalue weighted by Gasteiger charge is -2.32. The summed E-state index contributed by atoms with van der Waals surface area (Å²) >= 11 is 5.91. The van der Waals surface area contributed by atoms with E-state index in [1.165, 1.54) is 12.1 Å². The SMILES string of the molecule is CCOC(=O)N1CCC(Nc2cc(Cl)ccc2[N+](=O)[O-])CC1. The van der Waals surface area contributed by atoms with Gasteiger partial charge in [0.25, 0.3) is 5.69 Å². The molecule has 1 heterocycles. The van der Waals surface area contributed by atoms with Crippen molar-refractivity contribution in [2.75, 3.05) is 25.0 Å². The second-order valence-electron chi connectivity index (χ2n) is 5.02. The van der Waals surface area contributed by atoms with Crippen LogP contribution in [0.25, 0.3) is 0 Å². The van der Waals surface area contributed by atoms with Crippen LogP contribution >= 0.6 is 11.6 Å². The summed E-state index contributed by atoms with van der Waals surface area (Å²) in [6.07, 6.45) is 1.08. The summed E-state index contributed by atoms with van der Waals surface area (Å²) in [6.45, 7) is 3.24. The number of nitro benzene ring substituents is 1. The number of nitro groups is 1. The molecule has 120 valence electrons. The molecule has 1 aromatic rings. The summed E-state index contributed by atoms with van der Waals surface area (Å²) in [4.78, 5) is 23.9. The van der Waals surface area contributed by atoms with E-state index in [0.29, 0.717) is 43.2 Å². The first-order chi connectivity index (χ1) is 10.5. The van der Waals surface area contributed by atoms with Gasteiger partial charge in [0.1, 0.15) is 5.69 Å². The van der Waals surface area contributed by atoms with Crippen LogP contribution in [0.1, 0.15) is 19.8 Å². The third kappa shape index (κ3) is 4.00. The van der Waals surface area contributed by atoms with Crippen LogP contribution in [0.2, 0.25) is 5.02 Å². The average Bonchev–Trinajstić information content (AvgIpc) is 2.48. The lowest BCUT2D eigenvalue weighted by Crippen LogP contribution is -2.42. The number of amides is 1. The Morgan fingerprint density at radius 1 is 1.50 bits per heavy atom. The van der Waals surface area contributed by atoms with Crippen molar-refractivity contribution in [1.82, 2.24) is 4.90 Å². The van der Waals surface area contributed by atoms with Crippen LogP contribution in [0.5, 0.6) is 0 Å². The van der Waals surface area contributed by atoms with E-state index in [-0.39, 0.29) is 17.8 Å². The number of hydrogen-bond donors (Lipinski definition) is 1. The van der Waals surface area contributed by atoms with Crippen LogP contribution in [-0.4, -0.2) is 41.7 Å². The van der Waals surface area contributed by atoms with Crippen LogP contribution in [-0.2, 0) is 4.74 Å². The molecular weight excluding hydrogens is 310 g/mol. The number of likely N-dealkylation sites (tertiary alicyclic amines) is 1. The van der Waals surface area contributed by atoms with Gasteiger partial charge in [-0.3, -0.25) is 10.1 Å². The number of carbonyl (C=O) groups excluding carboxylic acids is 1. The van der Waals surface area contributed by atoms with E-state index < -0.39 is 4.92 Å². The summed E-state index contributed by atoms with van der Waals surface area (Å²) in [6, 6.07) is 4.49. The Morgan fingerprint density at radius 2 is 2.18 bits per heavy atom. The van der Waals surface area contributed by atoms with Crippen molar-refractivity contribution in [3.63, 3.8) is 0 Å². The molecule has 1 fully saturated rings. The summed E-state index contributed by atoms with van der Waals surface area (Å²) in [5.74, 6) is 0. The maximum Gasteiger partial charge on any atom is 0.409 e. The molecule has 2 rings (SSSR count). The smallest absolute Gasteiger partial charge is 0.409 e. The van der Waals surface area contributed by atoms with Crippen LogP contribution in [0.3, 0.4) is 0 Å². The molecule has 0 saturated carbocycles. The van der Waals surface area contributed by atoms with Crippen molar-refractivity contribution in [1.29, 1.82) is 0 Å². The number of hydrogen-bond acceptors (Lipinski definition) is 5. The number of carbonyl (C=O) groups is 1. The summed E-state index contributed by atoms with van der Waals surface area (Å²) in [5.41, 5.74) is 0.407. The topological polar surface area (TPSA) is 84.7 Å². The molecule has 7 nitrogen and oxygen atoms in total. The molecular formula is C14H18ClN3O4. The normalized spacial score (nSPS) is 15.5. The first kappa shape index (κ1) is 16.4. The lowest BCUT2D eigenvalue weighted by molar-refractivity contribution is -0.384. The van der Waals surface area contributed by atoms with Gasteiger partial charge in [-0.25, -0.2) is 4.79 Å². The molecule has 0 radical (unpaired) electrons. The Balaban J connectivity index is 1.98. The van der Waals surface area contributed by atoms with E-state index in [2.05, 4.69) is 5.32 Å². The molecule has 1 aliphatic heterocycles. The summed E-state index contributed by atoms with van der Waals surface area (Å²) in [5, 5.41) is 14.6. The van der Waals surface area contributed by atoms with Crippen molar-refractivity contribution in [2.45, 2.75) is 25.8 Å². The van der Waals surface area contributed by atoms with Gasteiger partial charge in [0.2, 0.25) is 0 Å². The van der Waals surface area contributed by atoms with Gasteiger partial charge in [0.15, 0.2) is 0 Å². The molecule has 0 aliphatic carbocycles. The third-order valence-corrected chi connectivity index (χ3v) is 3.77. The molecule has 8 heteroatoms. The standard InChI is InChI=1S/C14H18ClN3O4/c1-2-22-14(19)17-7-5-11(6-8-17)16-12-9-10(15)3-4-13(12)18(20)21/h3-4,9,11,16H,2,5-8H2,1H3. The van der Waals surface area contributed by atoms with Gasteiger partial charge in [-0.2, -0.15) is 0 Å². The van der Waals surface area contributed by atoms with Crippen molar-refractivity contribution < 1.29 is 14.5 Å². The molecule has 0 bridgehead atoms. The fourth-order valence-electron chi connectivity index (χ4n) is 2.42. The zero-order chi connectivity index (χ0) is 16.1. The number of rotatable bonds is 4. The molecule has 1 aromatic carbocycles. The molecule has 1 amide bonds. The number of benzene rings is 1. The first-order valence-electron chi connectivity index (χ1n) is 7.13. The summed E-state index contributed by atoms with van der Waals surface area (Å²) < 4.78 is 4.96. The van der Waals surface area contributed by atoms with Gasteiger partial charge in [-0.15, -0.1) is 0 Å². The van der Waals surface area contributed by atoms with Gasteiger partial charge in [-0.05, 0) is 31.9 Å². The van der Waals surface area contributed by atoms with E-state index in [0.717, 1.165) is 0 Å². The van der Waals surface area contributed by atoms with Crippen molar-refractivity contribution in [3.8, 4) is 0 Å². The monoisotopic (exact) mass is 327 g/mol. The van der Waals surface area contributed by atoms with Gasteiger partial charge < -0.3 is 15.0 Å². The molecule has 0 unspecified atom stereocenters. The predicted octanol–water partition coefficient (Wildman–Crippen LogP) is 3.28. The Morgan fingerprint density at radius 3 is 2.77 bits per heavy atom. The first-order valence-corrected chi connectivity index (χ1v) is 7.51. The van der Waals surface area contributed by atoms with Crippen molar-refractivity contribution >= 4 is 29.1 Å². The highest BCUT2D eigenvalue weighted by Crippen LogP contribution is 2.29. The Kier molecular flexibility index (Phi) is 5.43. The maximum absolute atomic E-state index is 11.6. The number of nitrogens with zero attached hydrogens (tertiary/aromatic N) is 2. The van der Waals surface area contributed by atoms with Crippen LogP contribution < -0.4 is 5.32 Å². The van der Waals surface area contributed by atoms with Gasteiger partial charge in [0, 0.05) is 30.2 Å². The second kappa shape index (κ2) is 7.31. The molecule has 1 saturated heterocycles. The van der Waals surface area contributed by atoms with Crippen LogP contribution in [0, 0.1) is 10.1 Å². The lowest BCUT2D eigenvalue weighted by atomic mass is 10.0. The van der Waals surface area contributed by atoms with Gasteiger partial charge in [-0.1, -0.05) is 11.6 Å². The van der Waals surface area contributed by atoms with E-state index in [1.807, 2.05) is 0 Å². The van der Waals surface area contributed by atoms with Gasteiger partial charge >= 0.3 is 6.09 Å². The van der Waals surface area contributed by atoms with Crippen molar-refractivity contribution in [3.05, 3.63) is 33.3 Å². The summed E-state index contributed by atoms with van der Waals surface area (Å²) in [7, 11) is 0. The quantitative estimate of drug-likeness (QED) is 0.677. The minimum absolute atomic E-state index is 0.00257. The van der Waals surface area contributed by atoms with E-state index >= 15 is 0 Å². The number of ether oxygens (including phenoxy) is 1. The highest BCUT2D eigenvalue weighted by atomic mass is 35.5. The molecule has 1 aliphatic rings. The molecule has 0 aromatic heterocycles. The third-order valence-electron chi connectivity index (χ3n) is 3.54. The minimum atomic E-state index is -0.438. The number of halogens is 1. The molecule has 0 spiro atoms. The fraction of sp³-hybridized carbons (Fsp3) is 0.500. The maximum atomic E-state index is 11.6. The van der Waals surface area contributed by atoms with Crippen LogP contribution in [0.4, 0.5) is 16.2 Å². The Labute approximate surface area is 133 Å². The highest BCUT2D eigenvalue weighted by molar-refractivity contribution is 6.31. The predicted molar refractivity (Wildman–Crippen MR) is 83.3 cm³/mol. The minimum Gasteiger partial charge on any atom is -0.450 e. The molecule has 22 heavy (non-hydrogen) atoms. The number of anilines is 1. The van der Waals surface area contributed by atoms with Gasteiger partial charge in [0.05, 0.1) is 11.5 Å². The Hall–Kier alpha value is -2.02. The zero-order valence-electron chi connectivity index (χ0n) is 12.3. The second-order valence-corrected chi connectivity index (χ2v) is 5.46. The number of piperidine rings is 1. The average molecular weight is 328 g/mol. The zero-order valence-corrected chi connectivity index (χ0v) is 13.0. The van der Waals surface area contributed by atoms with Crippen molar-refractivity contribution in [2.24, 2.45) is 0 Å². The number of nitrogens with one attached hydrogen (secondary N) is 1.